The molecule has 5 nitrogen and oxygen atoms in total. The summed E-state index contributed by atoms with van der Waals surface area (Å²) in [5.41, 5.74) is 1.30. The highest BCUT2D eigenvalue weighted by Crippen LogP contribution is 2.19. The maximum atomic E-state index is 10.2. The Kier molecular flexibility index (Phi) is 8.69. The molecule has 0 radical (unpaired) electrons. The largest absolute Gasteiger partial charge is 0.478 e. The predicted octanol–water partition coefficient (Wildman–Crippen LogP) is 4.41. The molecule has 5 heteroatoms. The number of hydrogen-bond acceptors (Lipinski definition) is 3. The summed E-state index contributed by atoms with van der Waals surface area (Å²) in [5.74, 6) is -1.76. The van der Waals surface area contributed by atoms with Crippen LogP contribution in [0.2, 0.25) is 0 Å². The molecule has 3 rings (SSSR count). The highest BCUT2D eigenvalue weighted by molar-refractivity contribution is 5.87. The van der Waals surface area contributed by atoms with Crippen molar-refractivity contribution in [3.63, 3.8) is 0 Å². The maximum Gasteiger partial charge on any atom is 0.335 e. The highest BCUT2D eigenvalue weighted by atomic mass is 16.4. The number of hydrogen-bond donors (Lipinski definition) is 3. The lowest BCUT2D eigenvalue weighted by Gasteiger charge is -2.19. The lowest BCUT2D eigenvalue weighted by atomic mass is 9.95. The minimum absolute atomic E-state index is 0.331. The van der Waals surface area contributed by atoms with Crippen LogP contribution in [-0.4, -0.2) is 32.9 Å². The number of benzene rings is 2. The van der Waals surface area contributed by atoms with Crippen LogP contribution in [0.15, 0.2) is 84.5 Å². The van der Waals surface area contributed by atoms with Crippen LogP contribution in [0.3, 0.4) is 0 Å². The van der Waals surface area contributed by atoms with Crippen LogP contribution in [0.4, 0.5) is 0 Å². The minimum Gasteiger partial charge on any atom is -0.478 e. The van der Waals surface area contributed by atoms with Gasteiger partial charge in [0.1, 0.15) is 0 Å². The van der Waals surface area contributed by atoms with E-state index in [9.17, 15) is 14.7 Å². The first-order valence-electron chi connectivity index (χ1n) is 8.36. The van der Waals surface area contributed by atoms with Crippen LogP contribution < -0.4 is 0 Å². The zero-order chi connectivity index (χ0) is 20.3. The van der Waals surface area contributed by atoms with Gasteiger partial charge in [-0.25, -0.2) is 9.59 Å². The van der Waals surface area contributed by atoms with Crippen LogP contribution in [0, 0.1) is 0 Å². The molecule has 3 N–H and O–H groups in total. The molecule has 0 bridgehead atoms. The zero-order valence-electron chi connectivity index (χ0n) is 15.4. The lowest BCUT2D eigenvalue weighted by Crippen LogP contribution is -2.21. The van der Waals surface area contributed by atoms with Crippen LogP contribution in [0.1, 0.15) is 41.0 Å². The van der Waals surface area contributed by atoms with Gasteiger partial charge in [0.05, 0.1) is 16.7 Å². The molecule has 0 spiro atoms. The van der Waals surface area contributed by atoms with E-state index in [0.29, 0.717) is 11.1 Å². The van der Waals surface area contributed by atoms with Gasteiger partial charge in [0.2, 0.25) is 0 Å². The van der Waals surface area contributed by atoms with Gasteiger partial charge in [-0.15, -0.1) is 0 Å². The number of aromatic carboxylic acids is 2. The summed E-state index contributed by atoms with van der Waals surface area (Å²) in [6.45, 7) is 3.85. The van der Waals surface area contributed by atoms with Gasteiger partial charge in [-0.2, -0.15) is 0 Å². The first-order chi connectivity index (χ1) is 12.7. The van der Waals surface area contributed by atoms with Gasteiger partial charge >= 0.3 is 11.9 Å². The van der Waals surface area contributed by atoms with E-state index in [1.54, 1.807) is 60.7 Å². The van der Waals surface area contributed by atoms with Crippen molar-refractivity contribution in [3.8, 4) is 0 Å². The fourth-order valence-corrected chi connectivity index (χ4v) is 1.98. The normalized spacial score (nSPS) is 17.4. The first-order valence-corrected chi connectivity index (χ1v) is 8.36. The third-order valence-electron chi connectivity index (χ3n) is 3.58. The van der Waals surface area contributed by atoms with Crippen molar-refractivity contribution < 1.29 is 24.9 Å². The molecule has 0 fully saturated rings. The topological polar surface area (TPSA) is 94.8 Å². The van der Waals surface area contributed by atoms with Crippen LogP contribution in [0.5, 0.6) is 0 Å². The van der Waals surface area contributed by atoms with E-state index in [2.05, 4.69) is 0 Å². The Hall–Kier alpha value is -3.18. The van der Waals surface area contributed by atoms with E-state index in [1.165, 1.54) is 5.57 Å². The SMILES string of the molecule is CC1=CCC(C)(O)C=C1.O=C(O)c1ccccc1.O=C(O)c1ccccc1. The van der Waals surface area contributed by atoms with E-state index in [1.807, 2.05) is 32.1 Å². The quantitative estimate of drug-likeness (QED) is 0.730. The van der Waals surface area contributed by atoms with Gasteiger partial charge in [-0.1, -0.05) is 60.2 Å². The van der Waals surface area contributed by atoms with Gasteiger partial charge in [0.25, 0.3) is 0 Å². The Morgan fingerprint density at radius 2 is 1.26 bits per heavy atom. The molecule has 0 aromatic heterocycles. The Morgan fingerprint density at radius 1 is 0.852 bits per heavy atom. The van der Waals surface area contributed by atoms with Crippen LogP contribution >= 0.6 is 0 Å². The van der Waals surface area contributed by atoms with Gasteiger partial charge in [-0.3, -0.25) is 0 Å². The number of aliphatic hydroxyl groups is 1. The maximum absolute atomic E-state index is 10.2. The summed E-state index contributed by atoms with van der Waals surface area (Å²) < 4.78 is 0. The van der Waals surface area contributed by atoms with Crippen molar-refractivity contribution in [2.75, 3.05) is 0 Å². The number of allylic oxidation sites excluding steroid dienone is 2. The van der Waals surface area contributed by atoms with E-state index in [-0.39, 0.29) is 0 Å². The van der Waals surface area contributed by atoms with Crippen molar-refractivity contribution in [2.24, 2.45) is 0 Å². The number of carbonyl (C=O) groups is 2. The minimum atomic E-state index is -0.879. The Morgan fingerprint density at radius 3 is 1.48 bits per heavy atom. The summed E-state index contributed by atoms with van der Waals surface area (Å²) >= 11 is 0. The summed E-state index contributed by atoms with van der Waals surface area (Å²) in [7, 11) is 0. The molecule has 0 saturated heterocycles. The molecule has 142 valence electrons. The molecule has 1 aliphatic rings. The van der Waals surface area contributed by atoms with Gasteiger partial charge in [0, 0.05) is 0 Å². The van der Waals surface area contributed by atoms with Crippen LogP contribution in [0.25, 0.3) is 0 Å². The van der Waals surface area contributed by atoms with E-state index >= 15 is 0 Å². The molecular weight excluding hydrogens is 344 g/mol. The fourth-order valence-electron chi connectivity index (χ4n) is 1.98. The number of rotatable bonds is 2. The average molecular weight is 368 g/mol. The Balaban J connectivity index is 0.000000202. The molecular formula is C22H24O5. The summed E-state index contributed by atoms with van der Waals surface area (Å²) in [5, 5.41) is 26.1. The summed E-state index contributed by atoms with van der Waals surface area (Å²) in [6.07, 6.45) is 6.57. The highest BCUT2D eigenvalue weighted by Gasteiger charge is 2.16. The predicted molar refractivity (Wildman–Crippen MR) is 105 cm³/mol. The number of carboxylic acids is 2. The standard InChI is InChI=1S/C8H12O.2C7H6O2/c1-7-3-5-8(2,9)6-4-7;2*8-7(9)6-4-2-1-3-5-6/h3-5,9H,6H2,1-2H3;2*1-5H,(H,8,9). The first kappa shape index (κ1) is 21.9. The molecule has 1 aliphatic carbocycles. The summed E-state index contributed by atoms with van der Waals surface area (Å²) in [4.78, 5) is 20.4. The van der Waals surface area contributed by atoms with Crippen molar-refractivity contribution in [1.29, 1.82) is 0 Å². The fraction of sp³-hybridized carbons (Fsp3) is 0.182. The molecule has 0 saturated carbocycles. The molecule has 1 unspecified atom stereocenters. The second-order valence-electron chi connectivity index (χ2n) is 6.19. The lowest BCUT2D eigenvalue weighted by molar-refractivity contribution is 0.0686. The molecule has 2 aromatic carbocycles. The monoisotopic (exact) mass is 368 g/mol. The summed E-state index contributed by atoms with van der Waals surface area (Å²) in [6, 6.07) is 16.6. The second-order valence-corrected chi connectivity index (χ2v) is 6.19. The van der Waals surface area contributed by atoms with Gasteiger partial charge < -0.3 is 15.3 Å². The zero-order valence-corrected chi connectivity index (χ0v) is 15.4. The molecule has 0 amide bonds. The van der Waals surface area contributed by atoms with E-state index in [4.69, 9.17) is 10.2 Å². The Bertz CT molecular complexity index is 740. The molecule has 0 heterocycles. The Labute approximate surface area is 158 Å². The van der Waals surface area contributed by atoms with Crippen LogP contribution in [-0.2, 0) is 0 Å². The molecule has 1 atom stereocenters. The van der Waals surface area contributed by atoms with E-state index < -0.39 is 17.5 Å². The smallest absolute Gasteiger partial charge is 0.335 e. The van der Waals surface area contributed by atoms with Gasteiger partial charge in [-0.05, 0) is 44.5 Å². The second kappa shape index (κ2) is 10.7. The average Bonchev–Trinajstić information content (AvgIpc) is 2.67. The molecule has 0 aliphatic heterocycles. The molecule has 2 aromatic rings. The third-order valence-corrected chi connectivity index (χ3v) is 3.58. The van der Waals surface area contributed by atoms with Crippen molar-refractivity contribution in [1.82, 2.24) is 0 Å². The third kappa shape index (κ3) is 9.18. The molecule has 27 heavy (non-hydrogen) atoms. The van der Waals surface area contributed by atoms with Gasteiger partial charge in [0.15, 0.2) is 0 Å². The van der Waals surface area contributed by atoms with E-state index in [0.717, 1.165) is 6.42 Å². The number of carboxylic acid groups (broad SMARTS) is 2. The van der Waals surface area contributed by atoms with Crippen molar-refractivity contribution in [3.05, 3.63) is 95.6 Å². The van der Waals surface area contributed by atoms with Crippen molar-refractivity contribution in [2.45, 2.75) is 25.9 Å². The van der Waals surface area contributed by atoms with Crippen molar-refractivity contribution >= 4 is 11.9 Å².